The molecular formula is C27H31FN6. The second kappa shape index (κ2) is 10.3. The molecule has 176 valence electrons. The maximum atomic E-state index is 14.5. The minimum atomic E-state index is -0.516. The Bertz CT molecular complexity index is 1150. The third-order valence-electron chi connectivity index (χ3n) is 6.93. The van der Waals surface area contributed by atoms with Gasteiger partial charge in [0, 0.05) is 37.0 Å². The van der Waals surface area contributed by atoms with Crippen LogP contribution in [0.15, 0.2) is 48.5 Å². The Kier molecular flexibility index (Phi) is 6.77. The van der Waals surface area contributed by atoms with Gasteiger partial charge in [-0.05, 0) is 87.5 Å². The summed E-state index contributed by atoms with van der Waals surface area (Å²) in [6.45, 7) is 5.21. The first-order chi connectivity index (χ1) is 16.7. The van der Waals surface area contributed by atoms with Crippen LogP contribution in [0.2, 0.25) is 0 Å². The van der Waals surface area contributed by atoms with Crippen LogP contribution in [0.5, 0.6) is 0 Å². The van der Waals surface area contributed by atoms with Crippen LogP contribution in [0, 0.1) is 23.1 Å². The molecule has 7 heteroatoms. The zero-order valence-corrected chi connectivity index (χ0v) is 19.4. The molecule has 0 spiro atoms. The van der Waals surface area contributed by atoms with Gasteiger partial charge in [-0.1, -0.05) is 6.07 Å². The van der Waals surface area contributed by atoms with Gasteiger partial charge in [-0.15, -0.1) is 5.10 Å². The number of nitrogens with zero attached hydrogens (tertiary/aromatic N) is 4. The average molecular weight is 459 g/mol. The van der Waals surface area contributed by atoms with Crippen LogP contribution in [-0.4, -0.2) is 42.5 Å². The van der Waals surface area contributed by atoms with E-state index in [0.717, 1.165) is 56.3 Å². The predicted molar refractivity (Wildman–Crippen MR) is 134 cm³/mol. The monoisotopic (exact) mass is 458 g/mol. The fourth-order valence-corrected chi connectivity index (χ4v) is 4.96. The van der Waals surface area contributed by atoms with Crippen LogP contribution < -0.4 is 15.5 Å². The van der Waals surface area contributed by atoms with Crippen molar-refractivity contribution in [3.63, 3.8) is 0 Å². The molecule has 3 aromatic rings. The highest BCUT2D eigenvalue weighted by Gasteiger charge is 2.17. The predicted octanol–water partition coefficient (Wildman–Crippen LogP) is 4.95. The first-order valence-corrected chi connectivity index (χ1v) is 12.3. The molecule has 0 saturated carbocycles. The molecule has 34 heavy (non-hydrogen) atoms. The molecule has 2 saturated heterocycles. The highest BCUT2D eigenvalue weighted by atomic mass is 19.1. The van der Waals surface area contributed by atoms with E-state index in [1.165, 1.54) is 43.5 Å². The molecule has 6 nitrogen and oxygen atoms in total. The van der Waals surface area contributed by atoms with Crippen LogP contribution in [0.25, 0.3) is 16.9 Å². The summed E-state index contributed by atoms with van der Waals surface area (Å²) in [7, 11) is 0. The fraction of sp³-hybridized carbons (Fsp3) is 0.407. The molecule has 2 aliphatic rings. The van der Waals surface area contributed by atoms with Gasteiger partial charge in [0.05, 0.1) is 16.9 Å². The number of hydrogen-bond acceptors (Lipinski definition) is 5. The van der Waals surface area contributed by atoms with E-state index in [0.29, 0.717) is 11.5 Å². The molecule has 2 aliphatic heterocycles. The van der Waals surface area contributed by atoms with Gasteiger partial charge < -0.3 is 15.5 Å². The van der Waals surface area contributed by atoms with E-state index < -0.39 is 5.82 Å². The van der Waals surface area contributed by atoms with E-state index in [4.69, 9.17) is 10.4 Å². The van der Waals surface area contributed by atoms with Gasteiger partial charge in [0.25, 0.3) is 0 Å². The Morgan fingerprint density at radius 3 is 2.56 bits per heavy atom. The van der Waals surface area contributed by atoms with Crippen molar-refractivity contribution in [3.05, 3.63) is 59.9 Å². The topological polar surface area (TPSA) is 68.9 Å². The molecule has 0 bridgehead atoms. The number of rotatable bonds is 6. The van der Waals surface area contributed by atoms with E-state index in [9.17, 15) is 4.39 Å². The fourth-order valence-electron chi connectivity index (χ4n) is 4.96. The van der Waals surface area contributed by atoms with Crippen molar-refractivity contribution in [1.29, 1.82) is 5.26 Å². The Hall–Kier alpha value is -3.37. The SMILES string of the molecule is N#Cc1ccc(-c2cc(NC[C@H]3CCCNCC3)nn2-c2ccc(N3CCCC3)cc2)cc1F. The van der Waals surface area contributed by atoms with Gasteiger partial charge in [0.2, 0.25) is 0 Å². The van der Waals surface area contributed by atoms with Crippen molar-refractivity contribution in [2.45, 2.75) is 32.1 Å². The summed E-state index contributed by atoms with van der Waals surface area (Å²) in [4.78, 5) is 2.40. The number of hydrogen-bond donors (Lipinski definition) is 2. The molecule has 1 aromatic heterocycles. The zero-order valence-electron chi connectivity index (χ0n) is 19.4. The number of anilines is 2. The molecule has 2 N–H and O–H groups in total. The summed E-state index contributed by atoms with van der Waals surface area (Å²) >= 11 is 0. The van der Waals surface area contributed by atoms with Crippen molar-refractivity contribution in [2.75, 3.05) is 42.9 Å². The van der Waals surface area contributed by atoms with Crippen LogP contribution in [0.4, 0.5) is 15.9 Å². The quantitative estimate of drug-likeness (QED) is 0.547. The van der Waals surface area contributed by atoms with E-state index in [2.05, 4.69) is 39.8 Å². The van der Waals surface area contributed by atoms with Crippen LogP contribution in [0.1, 0.15) is 37.7 Å². The van der Waals surface area contributed by atoms with Gasteiger partial charge >= 0.3 is 0 Å². The van der Waals surface area contributed by atoms with Crippen molar-refractivity contribution < 1.29 is 4.39 Å². The summed E-state index contributed by atoms with van der Waals surface area (Å²) in [5.74, 6) is 0.869. The Balaban J connectivity index is 1.44. The number of aromatic nitrogens is 2. The van der Waals surface area contributed by atoms with Gasteiger partial charge in [-0.2, -0.15) is 5.26 Å². The number of halogens is 1. The Morgan fingerprint density at radius 2 is 1.79 bits per heavy atom. The Morgan fingerprint density at radius 1 is 1.00 bits per heavy atom. The first kappa shape index (κ1) is 22.4. The van der Waals surface area contributed by atoms with E-state index in [1.54, 1.807) is 6.07 Å². The standard InChI is InChI=1S/C27H31FN6/c28-25-16-21(5-6-22(25)18-29)26-17-27(31-19-20-4-3-12-30-13-11-20)32-34(26)24-9-7-23(8-10-24)33-14-1-2-15-33/h5-10,16-17,20,30H,1-4,11-15,19H2,(H,31,32)/t20-/m0/s1. The molecular weight excluding hydrogens is 427 g/mol. The molecule has 1 atom stereocenters. The number of nitrogens with one attached hydrogen (secondary N) is 2. The van der Waals surface area contributed by atoms with Crippen LogP contribution >= 0.6 is 0 Å². The third kappa shape index (κ3) is 4.92. The normalized spacial score (nSPS) is 18.5. The molecule has 0 radical (unpaired) electrons. The molecule has 0 unspecified atom stereocenters. The van der Waals surface area contributed by atoms with E-state index in [-0.39, 0.29) is 5.56 Å². The summed E-state index contributed by atoms with van der Waals surface area (Å²) in [5.41, 5.74) is 3.68. The maximum absolute atomic E-state index is 14.5. The van der Waals surface area contributed by atoms with E-state index >= 15 is 0 Å². The second-order valence-electron chi connectivity index (χ2n) is 9.27. The zero-order chi connectivity index (χ0) is 23.3. The summed E-state index contributed by atoms with van der Waals surface area (Å²) in [6.07, 6.45) is 6.02. The van der Waals surface area contributed by atoms with Crippen molar-refractivity contribution in [2.24, 2.45) is 5.92 Å². The molecule has 0 amide bonds. The van der Waals surface area contributed by atoms with E-state index in [1.807, 2.05) is 16.8 Å². The molecule has 0 aliphatic carbocycles. The largest absolute Gasteiger partial charge is 0.372 e. The summed E-state index contributed by atoms with van der Waals surface area (Å²) < 4.78 is 16.3. The third-order valence-corrected chi connectivity index (χ3v) is 6.93. The highest BCUT2D eigenvalue weighted by Crippen LogP contribution is 2.29. The smallest absolute Gasteiger partial charge is 0.149 e. The second-order valence-corrected chi connectivity index (χ2v) is 9.27. The summed E-state index contributed by atoms with van der Waals surface area (Å²) in [5, 5.41) is 21.0. The highest BCUT2D eigenvalue weighted by molar-refractivity contribution is 5.67. The average Bonchev–Trinajstić information content (AvgIpc) is 3.48. The van der Waals surface area contributed by atoms with Crippen LogP contribution in [-0.2, 0) is 0 Å². The lowest BCUT2D eigenvalue weighted by atomic mass is 10.0. The van der Waals surface area contributed by atoms with Crippen molar-refractivity contribution in [1.82, 2.24) is 15.1 Å². The van der Waals surface area contributed by atoms with Gasteiger partial charge in [-0.3, -0.25) is 0 Å². The van der Waals surface area contributed by atoms with Gasteiger partial charge in [-0.25, -0.2) is 9.07 Å². The molecule has 3 heterocycles. The minimum absolute atomic E-state index is 0.0464. The molecule has 5 rings (SSSR count). The number of nitriles is 1. The lowest BCUT2D eigenvalue weighted by Crippen LogP contribution is -2.17. The van der Waals surface area contributed by atoms with Gasteiger partial charge in [0.1, 0.15) is 17.7 Å². The lowest BCUT2D eigenvalue weighted by molar-refractivity contribution is 0.496. The maximum Gasteiger partial charge on any atom is 0.149 e. The summed E-state index contributed by atoms with van der Waals surface area (Å²) in [6, 6.07) is 17.0. The Labute approximate surface area is 200 Å². The lowest BCUT2D eigenvalue weighted by Gasteiger charge is -2.18. The molecule has 2 aromatic carbocycles. The molecule has 2 fully saturated rings. The van der Waals surface area contributed by atoms with Crippen molar-refractivity contribution >= 4 is 11.5 Å². The first-order valence-electron chi connectivity index (χ1n) is 12.3. The minimum Gasteiger partial charge on any atom is -0.372 e. The van der Waals surface area contributed by atoms with Crippen molar-refractivity contribution in [3.8, 4) is 23.0 Å². The van der Waals surface area contributed by atoms with Gasteiger partial charge in [0.15, 0.2) is 0 Å². The van der Waals surface area contributed by atoms with Crippen LogP contribution in [0.3, 0.4) is 0 Å². The number of benzene rings is 2.